The Balaban J connectivity index is 0. The molecule has 1 nitrogen and oxygen atoms in total. The Morgan fingerprint density at radius 1 is 1.09 bits per heavy atom. The van der Waals surface area contributed by atoms with Crippen LogP contribution in [-0.2, 0) is 0 Å². The van der Waals surface area contributed by atoms with Gasteiger partial charge in [0, 0.05) is 5.38 Å². The summed E-state index contributed by atoms with van der Waals surface area (Å²) in [4.78, 5) is 0. The minimum Gasteiger partial charge on any atom is -0.344 e. The maximum Gasteiger partial charge on any atom is 0.0307 e. The van der Waals surface area contributed by atoms with Gasteiger partial charge in [-0.3, -0.25) is 0 Å². The van der Waals surface area contributed by atoms with Crippen molar-refractivity contribution >= 4 is 11.6 Å². The Kier molecular flexibility index (Phi) is 12.9. The number of halogens is 1. The molecule has 0 aromatic carbocycles. The van der Waals surface area contributed by atoms with E-state index < -0.39 is 0 Å². The molecule has 0 aliphatic carbocycles. The lowest BCUT2D eigenvalue weighted by molar-refractivity contribution is 0.604. The average molecular weight is 180 g/mol. The van der Waals surface area contributed by atoms with Gasteiger partial charge in [0.25, 0.3) is 0 Å². The lowest BCUT2D eigenvalue weighted by Crippen LogP contribution is -1.89. The number of alkyl halides is 1. The van der Waals surface area contributed by atoms with E-state index in [0.717, 1.165) is 0 Å². The van der Waals surface area contributed by atoms with E-state index in [2.05, 4.69) is 13.8 Å². The second-order valence-corrected chi connectivity index (χ2v) is 3.73. The van der Waals surface area contributed by atoms with Gasteiger partial charge in [-0.15, -0.1) is 11.6 Å². The number of hydrogen-bond acceptors (Lipinski definition) is 1. The average Bonchev–Trinajstić information content (AvgIpc) is 1.87. The molecule has 0 aromatic rings. The van der Waals surface area contributed by atoms with Crippen molar-refractivity contribution in [1.29, 1.82) is 0 Å². The molecule has 70 valence electrons. The van der Waals surface area contributed by atoms with Crippen molar-refractivity contribution in [2.45, 2.75) is 57.7 Å². The zero-order chi connectivity index (χ0) is 7.82. The Bertz CT molecular complexity index is 64.6. The summed E-state index contributed by atoms with van der Waals surface area (Å²) in [6.07, 6.45) is 7.97. The Morgan fingerprint density at radius 3 is 2.09 bits per heavy atom. The quantitative estimate of drug-likeness (QED) is 0.483. The van der Waals surface area contributed by atoms with Crippen molar-refractivity contribution in [2.75, 3.05) is 0 Å². The molecule has 0 heterocycles. The zero-order valence-corrected chi connectivity index (χ0v) is 8.66. The second kappa shape index (κ2) is 10.2. The minimum atomic E-state index is 0. The Labute approximate surface area is 76.1 Å². The van der Waals surface area contributed by atoms with Gasteiger partial charge in [0.05, 0.1) is 0 Å². The first-order valence-electron chi connectivity index (χ1n) is 4.41. The van der Waals surface area contributed by atoms with Crippen LogP contribution in [0, 0.1) is 0 Å². The first-order chi connectivity index (χ1) is 4.77. The summed E-state index contributed by atoms with van der Waals surface area (Å²) < 4.78 is 0. The number of hydrogen-bond donors (Lipinski definition) is 1. The van der Waals surface area contributed by atoms with Crippen LogP contribution in [0.3, 0.4) is 0 Å². The minimum absolute atomic E-state index is 0. The van der Waals surface area contributed by atoms with E-state index in [9.17, 15) is 0 Å². The number of unbranched alkanes of at least 4 members (excludes halogenated alkanes) is 4. The van der Waals surface area contributed by atoms with Crippen LogP contribution in [0.4, 0.5) is 0 Å². The van der Waals surface area contributed by atoms with Gasteiger partial charge in [-0.2, -0.15) is 0 Å². The highest BCUT2D eigenvalue weighted by Crippen LogP contribution is 2.09. The molecule has 11 heavy (non-hydrogen) atoms. The van der Waals surface area contributed by atoms with Gasteiger partial charge in [0.1, 0.15) is 0 Å². The maximum atomic E-state index is 5.79. The van der Waals surface area contributed by atoms with Crippen LogP contribution in [0.2, 0.25) is 0 Å². The van der Waals surface area contributed by atoms with Gasteiger partial charge in [-0.1, -0.05) is 39.0 Å². The van der Waals surface area contributed by atoms with Crippen LogP contribution in [0.15, 0.2) is 0 Å². The van der Waals surface area contributed by atoms with Crippen LogP contribution in [0.1, 0.15) is 52.4 Å². The smallest absolute Gasteiger partial charge is 0.0307 e. The third-order valence-corrected chi connectivity index (χ3v) is 1.92. The van der Waals surface area contributed by atoms with E-state index in [0.29, 0.717) is 5.38 Å². The van der Waals surface area contributed by atoms with E-state index in [-0.39, 0.29) is 6.15 Å². The summed E-state index contributed by atoms with van der Waals surface area (Å²) in [6, 6.07) is 0. The molecule has 0 saturated heterocycles. The van der Waals surface area contributed by atoms with Gasteiger partial charge in [0.2, 0.25) is 0 Å². The zero-order valence-electron chi connectivity index (χ0n) is 7.91. The van der Waals surface area contributed by atoms with Crippen molar-refractivity contribution < 1.29 is 0 Å². The highest BCUT2D eigenvalue weighted by atomic mass is 35.5. The number of rotatable bonds is 6. The Hall–Kier alpha value is 0.250. The van der Waals surface area contributed by atoms with Crippen molar-refractivity contribution in [3.63, 3.8) is 0 Å². The molecular weight excluding hydrogens is 158 g/mol. The predicted octanol–water partition coefficient (Wildman–Crippen LogP) is 4.14. The van der Waals surface area contributed by atoms with Gasteiger partial charge in [-0.25, -0.2) is 0 Å². The molecule has 0 saturated carbocycles. The Morgan fingerprint density at radius 2 is 1.64 bits per heavy atom. The summed E-state index contributed by atoms with van der Waals surface area (Å²) in [6.45, 7) is 4.31. The molecule has 0 radical (unpaired) electrons. The first-order valence-corrected chi connectivity index (χ1v) is 4.85. The highest BCUT2D eigenvalue weighted by Gasteiger charge is 1.94. The molecule has 0 amide bonds. The van der Waals surface area contributed by atoms with Crippen molar-refractivity contribution in [3.8, 4) is 0 Å². The standard InChI is InChI=1S/C9H19Cl.H3N/c1-3-4-5-6-7-8-9(2)10;/h9H,3-8H2,1-2H3;1H3. The van der Waals surface area contributed by atoms with Crippen LogP contribution >= 0.6 is 11.6 Å². The van der Waals surface area contributed by atoms with E-state index in [4.69, 9.17) is 11.6 Å². The first kappa shape index (κ1) is 13.8. The van der Waals surface area contributed by atoms with E-state index >= 15 is 0 Å². The van der Waals surface area contributed by atoms with Crippen molar-refractivity contribution in [1.82, 2.24) is 6.15 Å². The molecule has 0 spiro atoms. The normalized spacial score (nSPS) is 12.3. The summed E-state index contributed by atoms with van der Waals surface area (Å²) in [5, 5.41) is 0.377. The fourth-order valence-corrected chi connectivity index (χ4v) is 1.18. The van der Waals surface area contributed by atoms with E-state index in [1.807, 2.05) is 0 Å². The molecule has 0 bridgehead atoms. The summed E-state index contributed by atoms with van der Waals surface area (Å²) in [7, 11) is 0. The fraction of sp³-hybridized carbons (Fsp3) is 1.00. The van der Waals surface area contributed by atoms with Crippen LogP contribution in [0.25, 0.3) is 0 Å². The third-order valence-electron chi connectivity index (χ3n) is 1.71. The van der Waals surface area contributed by atoms with Crippen LogP contribution in [-0.4, -0.2) is 5.38 Å². The molecule has 0 aliphatic heterocycles. The molecule has 0 rings (SSSR count). The third kappa shape index (κ3) is 13.3. The summed E-state index contributed by atoms with van der Waals surface area (Å²) in [5.74, 6) is 0. The van der Waals surface area contributed by atoms with Gasteiger partial charge in [0.15, 0.2) is 0 Å². The molecular formula is C9H22ClN. The van der Waals surface area contributed by atoms with Gasteiger partial charge < -0.3 is 6.15 Å². The monoisotopic (exact) mass is 179 g/mol. The largest absolute Gasteiger partial charge is 0.344 e. The van der Waals surface area contributed by atoms with Gasteiger partial charge in [-0.05, 0) is 13.3 Å². The summed E-state index contributed by atoms with van der Waals surface area (Å²) >= 11 is 5.79. The second-order valence-electron chi connectivity index (χ2n) is 2.98. The topological polar surface area (TPSA) is 35.0 Å². The molecule has 1 atom stereocenters. The molecule has 0 aromatic heterocycles. The van der Waals surface area contributed by atoms with Crippen LogP contribution in [0.5, 0.6) is 0 Å². The van der Waals surface area contributed by atoms with E-state index in [1.54, 1.807) is 0 Å². The van der Waals surface area contributed by atoms with Crippen molar-refractivity contribution in [3.05, 3.63) is 0 Å². The predicted molar refractivity (Wildman–Crippen MR) is 53.7 cm³/mol. The fourth-order valence-electron chi connectivity index (χ4n) is 1.03. The SMILES string of the molecule is CCCCCCCC(C)Cl.N. The van der Waals surface area contributed by atoms with E-state index in [1.165, 1.54) is 38.5 Å². The maximum absolute atomic E-state index is 5.79. The molecule has 1 unspecified atom stereocenters. The van der Waals surface area contributed by atoms with Crippen molar-refractivity contribution in [2.24, 2.45) is 0 Å². The summed E-state index contributed by atoms with van der Waals surface area (Å²) in [5.41, 5.74) is 0. The van der Waals surface area contributed by atoms with Gasteiger partial charge >= 0.3 is 0 Å². The lowest BCUT2D eigenvalue weighted by atomic mass is 10.1. The molecule has 2 heteroatoms. The molecule has 0 fully saturated rings. The lowest BCUT2D eigenvalue weighted by Gasteiger charge is -2.01. The van der Waals surface area contributed by atoms with Crippen LogP contribution < -0.4 is 6.15 Å². The molecule has 0 aliphatic rings. The molecule has 3 N–H and O–H groups in total. The highest BCUT2D eigenvalue weighted by molar-refractivity contribution is 6.20.